The van der Waals surface area contributed by atoms with E-state index in [9.17, 15) is 5.11 Å². The fourth-order valence-electron chi connectivity index (χ4n) is 3.37. The highest BCUT2D eigenvalue weighted by Crippen LogP contribution is 2.39. The predicted molar refractivity (Wildman–Crippen MR) is 92.7 cm³/mol. The number of carboxylic acid groups (broad SMARTS) is 1. The molecule has 142 valence electrons. The Bertz CT molecular complexity index is 370. The van der Waals surface area contributed by atoms with E-state index < -0.39 is 11.8 Å². The summed E-state index contributed by atoms with van der Waals surface area (Å²) in [5.74, 6) is -1.15. The normalized spacial score (nSPS) is 28.3. The van der Waals surface area contributed by atoms with Crippen molar-refractivity contribution in [1.82, 2.24) is 4.90 Å². The summed E-state index contributed by atoms with van der Waals surface area (Å²) in [7, 11) is 0. The topological polar surface area (TPSA) is 79.2 Å². The summed E-state index contributed by atoms with van der Waals surface area (Å²) in [4.78, 5) is 11.4. The first-order valence-electron chi connectivity index (χ1n) is 9.20. The van der Waals surface area contributed by atoms with Crippen molar-refractivity contribution in [2.24, 2.45) is 5.92 Å². The molecule has 0 aliphatic carbocycles. The summed E-state index contributed by atoms with van der Waals surface area (Å²) in [6, 6.07) is 0. The van der Waals surface area contributed by atoms with E-state index in [2.05, 4.69) is 11.8 Å². The molecule has 0 aromatic carbocycles. The van der Waals surface area contributed by atoms with Crippen molar-refractivity contribution >= 4 is 5.97 Å². The first kappa shape index (κ1) is 21.4. The highest BCUT2D eigenvalue weighted by molar-refractivity contribution is 5.62. The van der Waals surface area contributed by atoms with Crippen molar-refractivity contribution < 1.29 is 24.5 Å². The smallest absolute Gasteiger partial charge is 0.300 e. The Labute approximate surface area is 146 Å². The molecule has 2 aliphatic rings. The molecule has 2 N–H and O–H groups in total. The molecule has 0 saturated carbocycles. The molecule has 6 nitrogen and oxygen atoms in total. The molecule has 6 heteroatoms. The van der Waals surface area contributed by atoms with Gasteiger partial charge in [0.05, 0.1) is 0 Å². The van der Waals surface area contributed by atoms with E-state index in [1.54, 1.807) is 0 Å². The lowest BCUT2D eigenvalue weighted by Crippen LogP contribution is -2.35. The number of rotatable bonds is 8. The van der Waals surface area contributed by atoms with Gasteiger partial charge in [-0.3, -0.25) is 9.69 Å². The maximum Gasteiger partial charge on any atom is 0.300 e. The fraction of sp³-hybridized carbons (Fsp3) is 0.944. The van der Waals surface area contributed by atoms with Crippen LogP contribution in [-0.4, -0.2) is 58.9 Å². The van der Waals surface area contributed by atoms with Crippen LogP contribution in [0.5, 0.6) is 0 Å². The second kappa shape index (κ2) is 10.3. The molecule has 2 heterocycles. The van der Waals surface area contributed by atoms with E-state index in [0.717, 1.165) is 20.0 Å². The number of hydrogen-bond donors (Lipinski definition) is 2. The number of unbranched alkanes of at least 4 members (excludes halogenated alkanes) is 5. The third-order valence-corrected chi connectivity index (χ3v) is 4.43. The largest absolute Gasteiger partial charge is 0.481 e. The molecule has 2 rings (SSSR count). The number of ether oxygens (including phenoxy) is 2. The molecule has 2 fully saturated rings. The van der Waals surface area contributed by atoms with Crippen LogP contribution in [0.4, 0.5) is 0 Å². The van der Waals surface area contributed by atoms with Crippen LogP contribution in [0, 0.1) is 5.92 Å². The minimum absolute atomic E-state index is 0.0371. The fourth-order valence-corrected chi connectivity index (χ4v) is 3.37. The van der Waals surface area contributed by atoms with Crippen LogP contribution in [-0.2, 0) is 14.3 Å². The number of carboxylic acids is 1. The summed E-state index contributed by atoms with van der Waals surface area (Å²) in [5, 5.41) is 16.9. The Morgan fingerprint density at radius 2 is 1.75 bits per heavy atom. The summed E-state index contributed by atoms with van der Waals surface area (Å²) in [6.07, 6.45) is 7.93. The van der Waals surface area contributed by atoms with Crippen LogP contribution in [0.15, 0.2) is 0 Å². The van der Waals surface area contributed by atoms with Crippen molar-refractivity contribution in [1.29, 1.82) is 0 Å². The number of aliphatic carboxylic acids is 1. The zero-order valence-electron chi connectivity index (χ0n) is 15.7. The maximum atomic E-state index is 9.51. The molecule has 0 aromatic rings. The van der Waals surface area contributed by atoms with Crippen molar-refractivity contribution in [3.05, 3.63) is 0 Å². The monoisotopic (exact) mass is 345 g/mol. The zero-order chi connectivity index (χ0) is 18.2. The van der Waals surface area contributed by atoms with Crippen LogP contribution >= 0.6 is 0 Å². The summed E-state index contributed by atoms with van der Waals surface area (Å²) < 4.78 is 11.9. The molecule has 0 spiro atoms. The van der Waals surface area contributed by atoms with Crippen molar-refractivity contribution in [3.8, 4) is 0 Å². The number of aliphatic hydroxyl groups is 1. The van der Waals surface area contributed by atoms with Crippen LogP contribution in [0.2, 0.25) is 0 Å². The van der Waals surface area contributed by atoms with Gasteiger partial charge in [0.15, 0.2) is 5.79 Å². The zero-order valence-corrected chi connectivity index (χ0v) is 15.7. The minimum Gasteiger partial charge on any atom is -0.481 e. The van der Waals surface area contributed by atoms with Crippen molar-refractivity contribution in [3.63, 3.8) is 0 Å². The van der Waals surface area contributed by atoms with E-state index in [0.29, 0.717) is 0 Å². The third-order valence-electron chi connectivity index (χ3n) is 4.43. The average molecular weight is 345 g/mol. The molecule has 3 atom stereocenters. The third kappa shape index (κ3) is 7.05. The van der Waals surface area contributed by atoms with Gasteiger partial charge in [0.1, 0.15) is 12.3 Å². The molecule has 2 aliphatic heterocycles. The van der Waals surface area contributed by atoms with Gasteiger partial charge in [0, 0.05) is 32.5 Å². The summed E-state index contributed by atoms with van der Waals surface area (Å²) in [6.45, 7) is 9.40. The van der Waals surface area contributed by atoms with Gasteiger partial charge in [0.2, 0.25) is 0 Å². The van der Waals surface area contributed by atoms with E-state index in [-0.39, 0.29) is 24.9 Å². The lowest BCUT2D eigenvalue weighted by atomic mass is 10.1. The summed E-state index contributed by atoms with van der Waals surface area (Å²) in [5.41, 5.74) is 0. The van der Waals surface area contributed by atoms with E-state index in [1.165, 1.54) is 38.5 Å². The van der Waals surface area contributed by atoms with Gasteiger partial charge in [-0.1, -0.05) is 39.0 Å². The Morgan fingerprint density at radius 1 is 1.17 bits per heavy atom. The quantitative estimate of drug-likeness (QED) is 0.659. The summed E-state index contributed by atoms with van der Waals surface area (Å²) >= 11 is 0. The second-order valence-electron chi connectivity index (χ2n) is 7.22. The number of aliphatic hydroxyl groups excluding tert-OH is 1. The number of hydrogen-bond acceptors (Lipinski definition) is 5. The van der Waals surface area contributed by atoms with Gasteiger partial charge in [-0.05, 0) is 20.3 Å². The van der Waals surface area contributed by atoms with Crippen LogP contribution in [0.1, 0.15) is 66.2 Å². The Balaban J connectivity index is 0.000000648. The van der Waals surface area contributed by atoms with E-state index in [4.69, 9.17) is 19.4 Å². The first-order valence-corrected chi connectivity index (χ1v) is 9.20. The van der Waals surface area contributed by atoms with Gasteiger partial charge in [-0.2, -0.15) is 0 Å². The highest BCUT2D eigenvalue weighted by Gasteiger charge is 2.52. The molecule has 0 bridgehead atoms. The molecule has 0 unspecified atom stereocenters. The number of fused-ring (bicyclic) bond motifs is 1. The average Bonchev–Trinajstić information content (AvgIpc) is 2.95. The lowest BCUT2D eigenvalue weighted by Gasteiger charge is -2.25. The van der Waals surface area contributed by atoms with Gasteiger partial charge in [-0.25, -0.2) is 0 Å². The van der Waals surface area contributed by atoms with Crippen LogP contribution in [0.25, 0.3) is 0 Å². The van der Waals surface area contributed by atoms with E-state index in [1.807, 2.05) is 13.8 Å². The standard InChI is InChI=1S/C16H31NO3.C2H4O2/c1-4-5-6-7-8-9-10-17-11-13(12-18)14-15(17)20-16(2,3)19-14;1-2(3)4/h13-15,18H,4-12H2,1-3H3;1H3,(H,3,4)/t13-,14-,15+;/m1./s1. The Hall–Kier alpha value is -0.690. The highest BCUT2D eigenvalue weighted by atomic mass is 16.8. The van der Waals surface area contributed by atoms with Gasteiger partial charge in [0.25, 0.3) is 5.97 Å². The van der Waals surface area contributed by atoms with Crippen LogP contribution < -0.4 is 0 Å². The molecule has 24 heavy (non-hydrogen) atoms. The molecule has 0 aromatic heterocycles. The van der Waals surface area contributed by atoms with Crippen molar-refractivity contribution in [2.75, 3.05) is 19.7 Å². The van der Waals surface area contributed by atoms with Crippen LogP contribution in [0.3, 0.4) is 0 Å². The number of nitrogens with zero attached hydrogens (tertiary/aromatic N) is 1. The Morgan fingerprint density at radius 3 is 2.33 bits per heavy atom. The molecular formula is C18H35NO5. The molecular weight excluding hydrogens is 310 g/mol. The molecule has 0 radical (unpaired) electrons. The second-order valence-corrected chi connectivity index (χ2v) is 7.22. The van der Waals surface area contributed by atoms with Gasteiger partial charge in [-0.15, -0.1) is 0 Å². The Kier molecular flexibility index (Phi) is 9.19. The number of likely N-dealkylation sites (tertiary alicyclic amines) is 1. The molecule has 0 amide bonds. The minimum atomic E-state index is -0.833. The van der Waals surface area contributed by atoms with Gasteiger partial charge < -0.3 is 19.7 Å². The first-order chi connectivity index (χ1) is 11.3. The lowest BCUT2D eigenvalue weighted by molar-refractivity contribution is -0.173. The van der Waals surface area contributed by atoms with Gasteiger partial charge >= 0.3 is 0 Å². The van der Waals surface area contributed by atoms with Crippen molar-refractivity contribution in [2.45, 2.75) is 84.3 Å². The molecule has 2 saturated heterocycles. The number of carbonyl (C=O) groups is 1. The SMILES string of the molecule is CC(=O)O.CCCCCCCCN1C[C@H](CO)[C@H]2OC(C)(C)O[C@@H]21. The predicted octanol–water partition coefficient (Wildman–Crippen LogP) is 2.84. The van der Waals surface area contributed by atoms with E-state index >= 15 is 0 Å². The maximum absolute atomic E-state index is 9.51.